The van der Waals surface area contributed by atoms with E-state index in [0.29, 0.717) is 5.75 Å². The van der Waals surface area contributed by atoms with Gasteiger partial charge in [0.05, 0.1) is 4.92 Å². The minimum absolute atomic E-state index is 0.0266. The first-order valence-corrected chi connectivity index (χ1v) is 8.16. The van der Waals surface area contributed by atoms with E-state index in [1.165, 1.54) is 18.5 Å². The van der Waals surface area contributed by atoms with Crippen molar-refractivity contribution >= 4 is 11.5 Å². The first kappa shape index (κ1) is 18.2. The van der Waals surface area contributed by atoms with Gasteiger partial charge in [0.25, 0.3) is 0 Å². The zero-order chi connectivity index (χ0) is 19.4. The molecule has 1 N–H and O–H groups in total. The second-order valence-corrected chi connectivity index (χ2v) is 6.04. The fraction of sp³-hybridized carbons (Fsp3) is 0.158. The summed E-state index contributed by atoms with van der Waals surface area (Å²) in [5, 5.41) is 14.5. The fourth-order valence-corrected chi connectivity index (χ4v) is 2.62. The second kappa shape index (κ2) is 7.77. The van der Waals surface area contributed by atoms with Crippen LogP contribution in [0, 0.1) is 29.8 Å². The van der Waals surface area contributed by atoms with Gasteiger partial charge in [-0.15, -0.1) is 0 Å². The lowest BCUT2D eigenvalue weighted by atomic mass is 10.1. The van der Waals surface area contributed by atoms with E-state index in [0.717, 1.165) is 16.7 Å². The summed E-state index contributed by atoms with van der Waals surface area (Å²) in [5.41, 5.74) is 2.33. The molecular weight excluding hydrogens is 351 g/mol. The average molecular weight is 368 g/mol. The van der Waals surface area contributed by atoms with E-state index in [1.54, 1.807) is 24.3 Å². The van der Waals surface area contributed by atoms with Crippen LogP contribution in [0.2, 0.25) is 0 Å². The van der Waals surface area contributed by atoms with Gasteiger partial charge in [-0.25, -0.2) is 9.37 Å². The SMILES string of the molecule is Cc1cc(C)cc(Oc2ncnc(NCc3ccc(F)cc3)c2[N+](=O)[O-])c1. The number of nitro groups is 1. The highest BCUT2D eigenvalue weighted by atomic mass is 19.1. The molecule has 0 unspecified atom stereocenters. The highest BCUT2D eigenvalue weighted by Crippen LogP contribution is 2.34. The summed E-state index contributed by atoms with van der Waals surface area (Å²) in [6.45, 7) is 4.05. The zero-order valence-corrected chi connectivity index (χ0v) is 14.8. The smallest absolute Gasteiger partial charge is 0.373 e. The first-order chi connectivity index (χ1) is 12.9. The molecule has 138 valence electrons. The maximum absolute atomic E-state index is 13.0. The second-order valence-electron chi connectivity index (χ2n) is 6.04. The third-order valence-corrected chi connectivity index (χ3v) is 3.75. The predicted octanol–water partition coefficient (Wildman–Crippen LogP) is 4.55. The van der Waals surface area contributed by atoms with Gasteiger partial charge in [-0.05, 0) is 54.8 Å². The van der Waals surface area contributed by atoms with Crippen molar-refractivity contribution in [2.45, 2.75) is 20.4 Å². The van der Waals surface area contributed by atoms with Crippen LogP contribution in [-0.2, 0) is 6.54 Å². The van der Waals surface area contributed by atoms with Gasteiger partial charge < -0.3 is 10.1 Å². The minimum atomic E-state index is -0.592. The molecule has 1 aromatic heterocycles. The highest BCUT2D eigenvalue weighted by Gasteiger charge is 2.25. The molecule has 0 fully saturated rings. The number of rotatable bonds is 6. The molecule has 0 saturated heterocycles. The molecular formula is C19H17FN4O3. The van der Waals surface area contributed by atoms with Gasteiger partial charge >= 0.3 is 11.6 Å². The van der Waals surface area contributed by atoms with Gasteiger partial charge in [0, 0.05) is 6.54 Å². The van der Waals surface area contributed by atoms with Crippen LogP contribution in [0.15, 0.2) is 48.8 Å². The quantitative estimate of drug-likeness (QED) is 0.507. The Balaban J connectivity index is 1.87. The van der Waals surface area contributed by atoms with Crippen LogP contribution in [0.4, 0.5) is 15.9 Å². The first-order valence-electron chi connectivity index (χ1n) is 8.16. The minimum Gasteiger partial charge on any atom is -0.434 e. The van der Waals surface area contributed by atoms with E-state index in [-0.39, 0.29) is 29.7 Å². The molecule has 0 aliphatic heterocycles. The van der Waals surface area contributed by atoms with Gasteiger partial charge in [-0.3, -0.25) is 10.1 Å². The molecule has 7 nitrogen and oxygen atoms in total. The molecule has 2 aromatic carbocycles. The van der Waals surface area contributed by atoms with Crippen LogP contribution < -0.4 is 10.1 Å². The third kappa shape index (κ3) is 4.55. The monoisotopic (exact) mass is 368 g/mol. The fourth-order valence-electron chi connectivity index (χ4n) is 2.62. The maximum Gasteiger partial charge on any atom is 0.373 e. The van der Waals surface area contributed by atoms with Crippen molar-refractivity contribution in [3.8, 4) is 11.6 Å². The number of hydrogen-bond acceptors (Lipinski definition) is 6. The molecule has 1 heterocycles. The summed E-state index contributed by atoms with van der Waals surface area (Å²) in [6, 6.07) is 11.3. The van der Waals surface area contributed by atoms with Crippen molar-refractivity contribution in [1.29, 1.82) is 0 Å². The number of halogens is 1. The van der Waals surface area contributed by atoms with E-state index in [1.807, 2.05) is 19.9 Å². The standard InChI is InChI=1S/C19H17FN4O3/c1-12-7-13(2)9-16(8-12)27-19-17(24(25)26)18(22-11-23-19)21-10-14-3-5-15(20)6-4-14/h3-9,11H,10H2,1-2H3,(H,21,22,23). The van der Waals surface area contributed by atoms with Crippen molar-refractivity contribution in [2.24, 2.45) is 0 Å². The third-order valence-electron chi connectivity index (χ3n) is 3.75. The molecule has 0 spiro atoms. The lowest BCUT2D eigenvalue weighted by Crippen LogP contribution is -2.07. The number of aromatic nitrogens is 2. The van der Waals surface area contributed by atoms with Gasteiger partial charge in [0.1, 0.15) is 17.9 Å². The molecule has 0 radical (unpaired) electrons. The highest BCUT2D eigenvalue weighted by molar-refractivity contribution is 5.62. The largest absolute Gasteiger partial charge is 0.434 e. The Morgan fingerprint density at radius 2 is 1.78 bits per heavy atom. The number of hydrogen-bond donors (Lipinski definition) is 1. The Hall–Kier alpha value is -3.55. The van der Waals surface area contributed by atoms with Crippen molar-refractivity contribution in [2.75, 3.05) is 5.32 Å². The van der Waals surface area contributed by atoms with Crippen LogP contribution in [0.5, 0.6) is 11.6 Å². The van der Waals surface area contributed by atoms with Gasteiger partial charge in [0.15, 0.2) is 0 Å². The summed E-state index contributed by atoms with van der Waals surface area (Å²) < 4.78 is 18.6. The van der Waals surface area contributed by atoms with Gasteiger partial charge in [0.2, 0.25) is 5.82 Å². The molecule has 0 bridgehead atoms. The van der Waals surface area contributed by atoms with E-state index in [9.17, 15) is 14.5 Å². The Kier molecular flexibility index (Phi) is 5.25. The van der Waals surface area contributed by atoms with E-state index >= 15 is 0 Å². The number of nitrogens with one attached hydrogen (secondary N) is 1. The summed E-state index contributed by atoms with van der Waals surface area (Å²) in [6.07, 6.45) is 1.19. The van der Waals surface area contributed by atoms with Crippen molar-refractivity contribution in [1.82, 2.24) is 9.97 Å². The summed E-state index contributed by atoms with van der Waals surface area (Å²) in [4.78, 5) is 18.9. The molecule has 0 aliphatic carbocycles. The number of benzene rings is 2. The number of ether oxygens (including phenoxy) is 1. The van der Waals surface area contributed by atoms with Crippen LogP contribution >= 0.6 is 0 Å². The number of anilines is 1. The van der Waals surface area contributed by atoms with Crippen LogP contribution in [0.1, 0.15) is 16.7 Å². The number of nitrogens with zero attached hydrogens (tertiary/aromatic N) is 3. The molecule has 8 heteroatoms. The number of aryl methyl sites for hydroxylation is 2. The van der Waals surface area contributed by atoms with E-state index in [2.05, 4.69) is 15.3 Å². The molecule has 3 aromatic rings. The summed E-state index contributed by atoms with van der Waals surface area (Å²) >= 11 is 0. The molecule has 0 aliphatic rings. The Bertz CT molecular complexity index is 957. The molecule has 27 heavy (non-hydrogen) atoms. The molecule has 0 amide bonds. The Morgan fingerprint density at radius 1 is 1.11 bits per heavy atom. The molecule has 3 rings (SSSR count). The van der Waals surface area contributed by atoms with Crippen molar-refractivity contribution in [3.63, 3.8) is 0 Å². The zero-order valence-electron chi connectivity index (χ0n) is 14.8. The van der Waals surface area contributed by atoms with Crippen LogP contribution in [0.3, 0.4) is 0 Å². The summed E-state index contributed by atoms with van der Waals surface area (Å²) in [7, 11) is 0. The van der Waals surface area contributed by atoms with Crippen molar-refractivity contribution in [3.05, 3.63) is 81.4 Å². The molecule has 0 atom stereocenters. The van der Waals surface area contributed by atoms with Crippen LogP contribution in [-0.4, -0.2) is 14.9 Å². The average Bonchev–Trinajstić information content (AvgIpc) is 2.60. The summed E-state index contributed by atoms with van der Waals surface area (Å²) in [5.74, 6) is -0.0185. The van der Waals surface area contributed by atoms with E-state index in [4.69, 9.17) is 4.74 Å². The van der Waals surface area contributed by atoms with Crippen molar-refractivity contribution < 1.29 is 14.1 Å². The Labute approximate surface area is 155 Å². The predicted molar refractivity (Wildman–Crippen MR) is 98.4 cm³/mol. The van der Waals surface area contributed by atoms with Gasteiger partial charge in [-0.1, -0.05) is 18.2 Å². The maximum atomic E-state index is 13.0. The van der Waals surface area contributed by atoms with E-state index < -0.39 is 4.92 Å². The normalized spacial score (nSPS) is 10.5. The lowest BCUT2D eigenvalue weighted by molar-refractivity contribution is -0.385. The van der Waals surface area contributed by atoms with Gasteiger partial charge in [-0.2, -0.15) is 4.98 Å². The van der Waals surface area contributed by atoms with Crippen LogP contribution in [0.25, 0.3) is 0 Å². The Morgan fingerprint density at radius 3 is 2.41 bits per heavy atom. The lowest BCUT2D eigenvalue weighted by Gasteiger charge is -2.10. The topological polar surface area (TPSA) is 90.2 Å². The molecule has 0 saturated carbocycles.